The Labute approximate surface area is 192 Å². The van der Waals surface area contributed by atoms with Gasteiger partial charge in [0, 0.05) is 21.8 Å². The van der Waals surface area contributed by atoms with Gasteiger partial charge < -0.3 is 10.1 Å². The minimum Gasteiger partial charge on any atom is -0.380 e. The molecule has 2 aromatic carbocycles. The van der Waals surface area contributed by atoms with E-state index in [0.717, 1.165) is 6.42 Å². The van der Waals surface area contributed by atoms with E-state index >= 15 is 0 Å². The summed E-state index contributed by atoms with van der Waals surface area (Å²) in [5.41, 5.74) is 3.59. The predicted molar refractivity (Wildman–Crippen MR) is 124 cm³/mol. The van der Waals surface area contributed by atoms with Crippen molar-refractivity contribution in [2.24, 2.45) is 0 Å². The number of aromatic amines is 1. The zero-order chi connectivity index (χ0) is 22.1. The van der Waals surface area contributed by atoms with Crippen molar-refractivity contribution >= 4 is 50.6 Å². The van der Waals surface area contributed by atoms with Crippen LogP contribution in [-0.4, -0.2) is 25.0 Å². The molecule has 0 saturated heterocycles. The minimum atomic E-state index is -1.05. The number of imidazole rings is 1. The molecule has 1 aliphatic carbocycles. The molecule has 5 nitrogen and oxygen atoms in total. The number of nitriles is 1. The summed E-state index contributed by atoms with van der Waals surface area (Å²) in [6.45, 7) is 1.86. The van der Waals surface area contributed by atoms with E-state index in [1.54, 1.807) is 30.3 Å². The van der Waals surface area contributed by atoms with Crippen LogP contribution in [0.1, 0.15) is 42.8 Å². The van der Waals surface area contributed by atoms with Crippen LogP contribution in [0.25, 0.3) is 16.6 Å². The Bertz CT molecular complexity index is 1290. The fourth-order valence-electron chi connectivity index (χ4n) is 3.62. The van der Waals surface area contributed by atoms with E-state index < -0.39 is 16.9 Å². The second kappa shape index (κ2) is 8.97. The van der Waals surface area contributed by atoms with Gasteiger partial charge in [0.15, 0.2) is 0 Å². The maximum absolute atomic E-state index is 11.9. The zero-order valence-electron chi connectivity index (χ0n) is 16.7. The Morgan fingerprint density at radius 3 is 2.74 bits per heavy atom. The molecule has 0 radical (unpaired) electrons. The molecule has 1 heterocycles. The highest BCUT2D eigenvalue weighted by Gasteiger charge is 2.22. The Morgan fingerprint density at radius 2 is 2.06 bits per heavy atom. The summed E-state index contributed by atoms with van der Waals surface area (Å²) in [7, 11) is -1.05. The lowest BCUT2D eigenvalue weighted by atomic mass is 9.92. The van der Waals surface area contributed by atoms with Crippen LogP contribution in [-0.2, 0) is 10.8 Å². The number of aliphatic hydroxyl groups is 1. The molecule has 0 amide bonds. The highest BCUT2D eigenvalue weighted by atomic mass is 35.5. The third-order valence-electron chi connectivity index (χ3n) is 5.24. The van der Waals surface area contributed by atoms with Gasteiger partial charge in [-0.2, -0.15) is 5.26 Å². The van der Waals surface area contributed by atoms with Crippen LogP contribution in [0.3, 0.4) is 0 Å². The number of hydrogen-bond donors (Lipinski definition) is 2. The first-order chi connectivity index (χ1) is 14.9. The molecular formula is C23H19Cl2N3O2S. The molecule has 2 unspecified atom stereocenters. The van der Waals surface area contributed by atoms with Gasteiger partial charge in [-0.1, -0.05) is 54.4 Å². The van der Waals surface area contributed by atoms with Gasteiger partial charge in [-0.05, 0) is 42.2 Å². The molecule has 0 spiro atoms. The quantitative estimate of drug-likeness (QED) is 0.498. The molecule has 3 aromatic rings. The fourth-order valence-corrected chi connectivity index (χ4v) is 5.09. The lowest BCUT2D eigenvalue weighted by Crippen LogP contribution is -2.02. The highest BCUT2D eigenvalue weighted by Crippen LogP contribution is 2.40. The Balaban J connectivity index is 1.76. The molecule has 158 valence electrons. The first-order valence-electron chi connectivity index (χ1n) is 9.78. The Hall–Kier alpha value is -2.43. The predicted octanol–water partition coefficient (Wildman–Crippen LogP) is 5.71. The maximum atomic E-state index is 11.9. The van der Waals surface area contributed by atoms with Crippen molar-refractivity contribution in [3.63, 3.8) is 0 Å². The number of benzene rings is 2. The van der Waals surface area contributed by atoms with Crippen LogP contribution < -0.4 is 0 Å². The van der Waals surface area contributed by atoms with Gasteiger partial charge in [0.25, 0.3) is 0 Å². The van der Waals surface area contributed by atoms with Crippen molar-refractivity contribution in [2.45, 2.75) is 30.8 Å². The first kappa shape index (κ1) is 21.8. The van der Waals surface area contributed by atoms with Crippen molar-refractivity contribution < 1.29 is 9.32 Å². The van der Waals surface area contributed by atoms with Gasteiger partial charge in [0.1, 0.15) is 17.4 Å². The number of aliphatic hydroxyl groups excluding tert-OH is 1. The standard InChI is InChI=1S/C23H19Cl2N3O2S/c1-2-31(30)15-9-7-13(8-10-15)22(29)23-27-18-11-17(24)19(20(25)21(18)28-23)16-6-4-3-5-14(16)12-26/h4,6-11,22,29H,2-3,5H2,1H3,(H,27,28). The summed E-state index contributed by atoms with van der Waals surface area (Å²) in [6, 6.07) is 10.9. The van der Waals surface area contributed by atoms with E-state index in [1.807, 2.05) is 19.1 Å². The average molecular weight is 472 g/mol. The number of halogens is 2. The molecule has 0 saturated carbocycles. The number of nitrogens with zero attached hydrogens (tertiary/aromatic N) is 2. The van der Waals surface area contributed by atoms with Crippen molar-refractivity contribution in [3.8, 4) is 6.07 Å². The Morgan fingerprint density at radius 1 is 1.32 bits per heavy atom. The van der Waals surface area contributed by atoms with Crippen molar-refractivity contribution in [1.29, 1.82) is 5.26 Å². The molecule has 0 bridgehead atoms. The summed E-state index contributed by atoms with van der Waals surface area (Å²) in [4.78, 5) is 8.33. The van der Waals surface area contributed by atoms with Gasteiger partial charge in [-0.3, -0.25) is 4.21 Å². The topological polar surface area (TPSA) is 89.8 Å². The number of rotatable bonds is 5. The highest BCUT2D eigenvalue weighted by molar-refractivity contribution is 7.85. The van der Waals surface area contributed by atoms with E-state index in [2.05, 4.69) is 16.0 Å². The number of allylic oxidation sites excluding steroid dienone is 4. The third-order valence-corrected chi connectivity index (χ3v) is 7.23. The molecule has 1 aliphatic rings. The molecule has 2 N–H and O–H groups in total. The van der Waals surface area contributed by atoms with E-state index in [1.165, 1.54) is 0 Å². The molecule has 0 aliphatic heterocycles. The Kier molecular flexibility index (Phi) is 6.31. The van der Waals surface area contributed by atoms with Crippen LogP contribution in [0.5, 0.6) is 0 Å². The van der Waals surface area contributed by atoms with Crippen LogP contribution in [0.15, 0.2) is 53.0 Å². The lowest BCUT2D eigenvalue weighted by molar-refractivity contribution is 0.211. The molecule has 2 atom stereocenters. The first-order valence-corrected chi connectivity index (χ1v) is 11.9. The smallest absolute Gasteiger partial charge is 0.140 e. The van der Waals surface area contributed by atoms with Crippen molar-refractivity contribution in [3.05, 3.63) is 75.1 Å². The molecule has 8 heteroatoms. The molecule has 31 heavy (non-hydrogen) atoms. The van der Waals surface area contributed by atoms with Gasteiger partial charge >= 0.3 is 0 Å². The van der Waals surface area contributed by atoms with E-state index in [4.69, 9.17) is 23.2 Å². The molecular weight excluding hydrogens is 453 g/mol. The zero-order valence-corrected chi connectivity index (χ0v) is 19.0. The number of aromatic nitrogens is 2. The van der Waals surface area contributed by atoms with Crippen LogP contribution in [0.4, 0.5) is 0 Å². The SMILES string of the molecule is CCS(=O)c1ccc(C(O)c2nc3c(Cl)c(C4=C(C#N)CCC=C4)c(Cl)cc3[nH]2)cc1. The third kappa shape index (κ3) is 4.07. The summed E-state index contributed by atoms with van der Waals surface area (Å²) >= 11 is 13.2. The number of hydrogen-bond acceptors (Lipinski definition) is 4. The van der Waals surface area contributed by atoms with Crippen LogP contribution in [0.2, 0.25) is 10.0 Å². The minimum absolute atomic E-state index is 0.322. The van der Waals surface area contributed by atoms with E-state index in [0.29, 0.717) is 66.2 Å². The summed E-state index contributed by atoms with van der Waals surface area (Å²) in [6.07, 6.45) is 4.27. The number of nitrogens with one attached hydrogen (secondary N) is 1. The van der Waals surface area contributed by atoms with E-state index in [-0.39, 0.29) is 0 Å². The van der Waals surface area contributed by atoms with Crippen molar-refractivity contribution in [1.82, 2.24) is 9.97 Å². The molecule has 1 aromatic heterocycles. The molecule has 0 fully saturated rings. The summed E-state index contributed by atoms with van der Waals surface area (Å²) < 4.78 is 11.9. The largest absolute Gasteiger partial charge is 0.380 e. The molecule has 4 rings (SSSR count). The second-order valence-corrected chi connectivity index (χ2v) is 9.64. The van der Waals surface area contributed by atoms with Gasteiger partial charge in [-0.15, -0.1) is 0 Å². The van der Waals surface area contributed by atoms with Gasteiger partial charge in [0.05, 0.1) is 32.4 Å². The van der Waals surface area contributed by atoms with E-state index in [9.17, 15) is 14.6 Å². The second-order valence-electron chi connectivity index (χ2n) is 7.12. The van der Waals surface area contributed by atoms with Crippen molar-refractivity contribution in [2.75, 3.05) is 5.75 Å². The fraction of sp³-hybridized carbons (Fsp3) is 0.217. The summed E-state index contributed by atoms with van der Waals surface area (Å²) in [5, 5.41) is 21.1. The lowest BCUT2D eigenvalue weighted by Gasteiger charge is -2.14. The normalized spacial score (nSPS) is 15.8. The maximum Gasteiger partial charge on any atom is 0.140 e. The van der Waals surface area contributed by atoms with Crippen LogP contribution in [0, 0.1) is 11.3 Å². The number of fused-ring (bicyclic) bond motifs is 1. The average Bonchev–Trinajstić information content (AvgIpc) is 3.22. The van der Waals surface area contributed by atoms with Crippen LogP contribution >= 0.6 is 23.2 Å². The van der Waals surface area contributed by atoms with Gasteiger partial charge in [-0.25, -0.2) is 4.98 Å². The summed E-state index contributed by atoms with van der Waals surface area (Å²) in [5.74, 6) is 0.856. The monoisotopic (exact) mass is 471 g/mol. The number of H-pyrrole nitrogens is 1. The van der Waals surface area contributed by atoms with Gasteiger partial charge in [0.2, 0.25) is 0 Å².